The molecule has 1 unspecified atom stereocenters. The molecule has 0 aliphatic rings. The van der Waals surface area contributed by atoms with Crippen molar-refractivity contribution in [2.45, 2.75) is 19.5 Å². The van der Waals surface area contributed by atoms with Crippen molar-refractivity contribution in [1.29, 1.82) is 0 Å². The van der Waals surface area contributed by atoms with Gasteiger partial charge in [0.2, 0.25) is 0 Å². The first-order valence-corrected chi connectivity index (χ1v) is 7.20. The third-order valence-corrected chi connectivity index (χ3v) is 3.06. The van der Waals surface area contributed by atoms with Crippen LogP contribution in [0, 0.1) is 11.6 Å². The van der Waals surface area contributed by atoms with Gasteiger partial charge in [-0.25, -0.2) is 13.6 Å². The lowest BCUT2D eigenvalue weighted by Gasteiger charge is -2.15. The van der Waals surface area contributed by atoms with Crippen molar-refractivity contribution >= 4 is 6.03 Å². The number of amides is 2. The van der Waals surface area contributed by atoms with Crippen LogP contribution in [0.5, 0.6) is 5.75 Å². The third kappa shape index (κ3) is 5.94. The Morgan fingerprint density at radius 2 is 1.61 bits per heavy atom. The van der Waals surface area contributed by atoms with Crippen molar-refractivity contribution < 1.29 is 18.3 Å². The van der Waals surface area contributed by atoms with Crippen molar-refractivity contribution in [3.8, 4) is 5.75 Å². The van der Waals surface area contributed by atoms with E-state index in [1.54, 1.807) is 19.1 Å². The number of nitrogens with one attached hydrogen (secondary N) is 2. The first-order valence-electron chi connectivity index (χ1n) is 7.20. The molecule has 4 nitrogen and oxygen atoms in total. The van der Waals surface area contributed by atoms with E-state index in [4.69, 9.17) is 4.74 Å². The monoisotopic (exact) mass is 320 g/mol. The van der Waals surface area contributed by atoms with Gasteiger partial charge in [0.1, 0.15) is 24.0 Å². The zero-order valence-electron chi connectivity index (χ0n) is 12.7. The fraction of sp³-hybridized carbons (Fsp3) is 0.235. The smallest absolute Gasteiger partial charge is 0.315 e. The largest absolute Gasteiger partial charge is 0.491 e. The molecule has 6 heteroatoms. The Bertz CT molecular complexity index is 630. The van der Waals surface area contributed by atoms with Gasteiger partial charge in [0.15, 0.2) is 0 Å². The minimum absolute atomic E-state index is 0.228. The zero-order valence-corrected chi connectivity index (χ0v) is 12.7. The Balaban J connectivity index is 1.69. The Kier molecular flexibility index (Phi) is 5.91. The maximum absolute atomic E-state index is 12.8. The number of hydrogen-bond acceptors (Lipinski definition) is 2. The van der Waals surface area contributed by atoms with Crippen LogP contribution in [0.15, 0.2) is 48.5 Å². The van der Waals surface area contributed by atoms with Gasteiger partial charge in [-0.1, -0.05) is 12.1 Å². The molecule has 2 N–H and O–H groups in total. The topological polar surface area (TPSA) is 50.4 Å². The molecule has 2 aromatic rings. The summed E-state index contributed by atoms with van der Waals surface area (Å²) in [6, 6.07) is 11.0. The summed E-state index contributed by atoms with van der Waals surface area (Å²) in [5, 5.41) is 5.40. The van der Waals surface area contributed by atoms with E-state index in [1.165, 1.54) is 36.4 Å². The van der Waals surface area contributed by atoms with Gasteiger partial charge in [-0.3, -0.25) is 0 Å². The Morgan fingerprint density at radius 1 is 1.04 bits per heavy atom. The third-order valence-electron chi connectivity index (χ3n) is 3.06. The molecule has 0 aromatic heterocycles. The number of carbonyl (C=O) groups is 1. The molecule has 122 valence electrons. The van der Waals surface area contributed by atoms with E-state index in [9.17, 15) is 13.6 Å². The van der Waals surface area contributed by atoms with Gasteiger partial charge < -0.3 is 15.4 Å². The van der Waals surface area contributed by atoms with Crippen LogP contribution in [-0.2, 0) is 6.54 Å². The Labute approximate surface area is 133 Å². The van der Waals surface area contributed by atoms with E-state index in [0.29, 0.717) is 12.3 Å². The minimum atomic E-state index is -0.343. The van der Waals surface area contributed by atoms with Crippen molar-refractivity contribution in [2.24, 2.45) is 0 Å². The second-order valence-corrected chi connectivity index (χ2v) is 5.12. The summed E-state index contributed by atoms with van der Waals surface area (Å²) in [5.41, 5.74) is 0.803. The average molecular weight is 320 g/mol. The minimum Gasteiger partial charge on any atom is -0.491 e. The van der Waals surface area contributed by atoms with Crippen LogP contribution in [0.4, 0.5) is 13.6 Å². The molecule has 0 spiro atoms. The van der Waals surface area contributed by atoms with Crippen LogP contribution in [0.25, 0.3) is 0 Å². The lowest BCUT2D eigenvalue weighted by molar-refractivity contribution is 0.226. The highest BCUT2D eigenvalue weighted by Gasteiger charge is 2.08. The van der Waals surface area contributed by atoms with E-state index in [1.807, 2.05) is 0 Å². The first-order chi connectivity index (χ1) is 11.0. The number of hydrogen-bond donors (Lipinski definition) is 2. The normalized spacial score (nSPS) is 11.6. The van der Waals surface area contributed by atoms with E-state index >= 15 is 0 Å². The SMILES string of the molecule is CC(COc1ccc(F)cc1)NC(=O)NCc1ccc(F)cc1. The second kappa shape index (κ2) is 8.12. The van der Waals surface area contributed by atoms with Gasteiger partial charge in [-0.15, -0.1) is 0 Å². The highest BCUT2D eigenvalue weighted by atomic mass is 19.1. The summed E-state index contributed by atoms with van der Waals surface area (Å²) in [7, 11) is 0. The Hall–Kier alpha value is -2.63. The van der Waals surface area contributed by atoms with Gasteiger partial charge in [0, 0.05) is 6.54 Å². The molecule has 0 saturated heterocycles. The number of ether oxygens (including phenoxy) is 1. The van der Waals surface area contributed by atoms with Crippen LogP contribution < -0.4 is 15.4 Å². The molecule has 0 bridgehead atoms. The molecule has 0 aliphatic carbocycles. The van der Waals surface area contributed by atoms with E-state index in [-0.39, 0.29) is 30.3 Å². The van der Waals surface area contributed by atoms with E-state index in [2.05, 4.69) is 10.6 Å². The zero-order chi connectivity index (χ0) is 16.7. The summed E-state index contributed by atoms with van der Waals surface area (Å²) in [5.74, 6) is -0.111. The lowest BCUT2D eigenvalue weighted by atomic mass is 10.2. The highest BCUT2D eigenvalue weighted by molar-refractivity contribution is 5.74. The number of benzene rings is 2. The number of halogens is 2. The highest BCUT2D eigenvalue weighted by Crippen LogP contribution is 2.11. The van der Waals surface area contributed by atoms with E-state index in [0.717, 1.165) is 5.56 Å². The van der Waals surface area contributed by atoms with E-state index < -0.39 is 0 Å². The van der Waals surface area contributed by atoms with Crippen LogP contribution in [0.3, 0.4) is 0 Å². The maximum atomic E-state index is 12.8. The summed E-state index contributed by atoms with van der Waals surface area (Å²) < 4.78 is 31.0. The van der Waals surface area contributed by atoms with Crippen LogP contribution in [0.1, 0.15) is 12.5 Å². The molecule has 23 heavy (non-hydrogen) atoms. The molecule has 0 aliphatic heterocycles. The summed E-state index contributed by atoms with van der Waals surface area (Å²) in [6.45, 7) is 2.36. The van der Waals surface area contributed by atoms with Gasteiger partial charge in [-0.05, 0) is 48.9 Å². The van der Waals surface area contributed by atoms with Crippen LogP contribution in [-0.4, -0.2) is 18.7 Å². The van der Waals surface area contributed by atoms with Crippen molar-refractivity contribution in [1.82, 2.24) is 10.6 Å². The summed E-state index contributed by atoms with van der Waals surface area (Å²) in [6.07, 6.45) is 0. The molecule has 2 aromatic carbocycles. The molecule has 1 atom stereocenters. The average Bonchev–Trinajstić information content (AvgIpc) is 2.54. The van der Waals surface area contributed by atoms with Gasteiger partial charge >= 0.3 is 6.03 Å². The van der Waals surface area contributed by atoms with Crippen molar-refractivity contribution in [2.75, 3.05) is 6.61 Å². The maximum Gasteiger partial charge on any atom is 0.315 e. The van der Waals surface area contributed by atoms with Crippen molar-refractivity contribution in [3.63, 3.8) is 0 Å². The second-order valence-electron chi connectivity index (χ2n) is 5.12. The quantitative estimate of drug-likeness (QED) is 0.858. The molecule has 0 heterocycles. The summed E-state index contributed by atoms with van der Waals surface area (Å²) >= 11 is 0. The van der Waals surface area contributed by atoms with Gasteiger partial charge in [0.25, 0.3) is 0 Å². The van der Waals surface area contributed by atoms with Crippen LogP contribution >= 0.6 is 0 Å². The molecule has 2 rings (SSSR count). The number of carbonyl (C=O) groups excluding carboxylic acids is 1. The summed E-state index contributed by atoms with van der Waals surface area (Å²) in [4.78, 5) is 11.7. The van der Waals surface area contributed by atoms with Gasteiger partial charge in [0.05, 0.1) is 6.04 Å². The Morgan fingerprint density at radius 3 is 2.22 bits per heavy atom. The van der Waals surface area contributed by atoms with Crippen molar-refractivity contribution in [3.05, 3.63) is 65.7 Å². The predicted octanol–water partition coefficient (Wildman–Crippen LogP) is 3.23. The lowest BCUT2D eigenvalue weighted by Crippen LogP contribution is -2.42. The fourth-order valence-electron chi connectivity index (χ4n) is 1.85. The predicted molar refractivity (Wildman–Crippen MR) is 83.1 cm³/mol. The number of rotatable bonds is 6. The molecular formula is C17H18F2N2O2. The molecule has 2 amide bonds. The molecule has 0 radical (unpaired) electrons. The fourth-order valence-corrected chi connectivity index (χ4v) is 1.85. The molecule has 0 fully saturated rings. The number of urea groups is 1. The first kappa shape index (κ1) is 16.7. The van der Waals surface area contributed by atoms with Gasteiger partial charge in [-0.2, -0.15) is 0 Å². The molecule has 0 saturated carbocycles. The molecular weight excluding hydrogens is 302 g/mol. The van der Waals surface area contributed by atoms with Crippen LogP contribution in [0.2, 0.25) is 0 Å². The standard InChI is InChI=1S/C17H18F2N2O2/c1-12(11-23-16-8-6-15(19)7-9-16)21-17(22)20-10-13-2-4-14(18)5-3-13/h2-9,12H,10-11H2,1H3,(H2,20,21,22).